The van der Waals surface area contributed by atoms with Gasteiger partial charge in [0.25, 0.3) is 5.91 Å². The lowest BCUT2D eigenvalue weighted by atomic mass is 9.81. The molecule has 8 rings (SSSR count). The van der Waals surface area contributed by atoms with Gasteiger partial charge in [0.2, 0.25) is 0 Å². The number of nitrogens with zero attached hydrogens (tertiary/aromatic N) is 5. The fraction of sp³-hybridized carbons (Fsp3) is 0.395. The predicted octanol–water partition coefficient (Wildman–Crippen LogP) is 8.44. The van der Waals surface area contributed by atoms with Gasteiger partial charge in [-0.05, 0) is 111 Å². The number of imidazole rings is 1. The molecule has 3 N–H and O–H groups in total. The quantitative estimate of drug-likeness (QED) is 0.131. The van der Waals surface area contributed by atoms with Gasteiger partial charge in [-0.15, -0.1) is 0 Å². The first-order valence-electron chi connectivity index (χ1n) is 19.3. The molecule has 0 atom stereocenters. The van der Waals surface area contributed by atoms with Crippen molar-refractivity contribution in [1.82, 2.24) is 24.3 Å². The number of aromatic nitrogens is 3. The molecular weight excluding hydrogens is 698 g/mol. The van der Waals surface area contributed by atoms with Crippen LogP contribution in [0.3, 0.4) is 0 Å². The summed E-state index contributed by atoms with van der Waals surface area (Å²) in [6, 6.07) is 20.5. The Bertz CT molecular complexity index is 2200. The molecular formula is C43H48ClN7O3. The molecule has 3 aliphatic rings. The van der Waals surface area contributed by atoms with Crippen molar-refractivity contribution in [2.24, 2.45) is 18.9 Å². The van der Waals surface area contributed by atoms with E-state index in [1.165, 1.54) is 31.5 Å². The molecule has 1 aliphatic carbocycles. The number of anilines is 3. The summed E-state index contributed by atoms with van der Waals surface area (Å²) in [6.45, 7) is 7.90. The molecule has 10 nitrogen and oxygen atoms in total. The van der Waals surface area contributed by atoms with Gasteiger partial charge in [-0.2, -0.15) is 0 Å². The lowest BCUT2D eigenvalue weighted by molar-refractivity contribution is -0.143. The van der Waals surface area contributed by atoms with Crippen LogP contribution in [0, 0.1) is 18.8 Å². The molecule has 4 heterocycles. The first kappa shape index (κ1) is 36.2. The summed E-state index contributed by atoms with van der Waals surface area (Å²) in [5, 5.41) is 18.7. The summed E-state index contributed by atoms with van der Waals surface area (Å²) in [6.07, 6.45) is 8.62. The number of nitrogens with one attached hydrogen (secondary N) is 2. The number of benzene rings is 3. The fourth-order valence-electron chi connectivity index (χ4n) is 8.73. The summed E-state index contributed by atoms with van der Waals surface area (Å²) in [7, 11) is 1.90. The molecule has 280 valence electrons. The number of hydrogen-bond donors (Lipinski definition) is 3. The fourth-order valence-corrected chi connectivity index (χ4v) is 9.00. The van der Waals surface area contributed by atoms with Crippen molar-refractivity contribution < 1.29 is 14.7 Å². The van der Waals surface area contributed by atoms with E-state index >= 15 is 0 Å². The number of carbonyl (C=O) groups excluding carboxylic acids is 1. The van der Waals surface area contributed by atoms with Crippen LogP contribution in [0.1, 0.15) is 71.7 Å². The molecule has 0 bridgehead atoms. The van der Waals surface area contributed by atoms with E-state index in [0.29, 0.717) is 29.0 Å². The number of amides is 1. The van der Waals surface area contributed by atoms with Crippen molar-refractivity contribution in [2.75, 3.05) is 36.8 Å². The molecule has 1 amide bonds. The van der Waals surface area contributed by atoms with Gasteiger partial charge in [0.15, 0.2) is 5.82 Å². The maximum absolute atomic E-state index is 13.7. The minimum Gasteiger partial charge on any atom is -0.481 e. The van der Waals surface area contributed by atoms with Crippen LogP contribution in [-0.4, -0.2) is 67.5 Å². The van der Waals surface area contributed by atoms with Gasteiger partial charge < -0.3 is 20.3 Å². The number of rotatable bonds is 10. The summed E-state index contributed by atoms with van der Waals surface area (Å²) in [4.78, 5) is 39.6. The molecule has 0 spiro atoms. The van der Waals surface area contributed by atoms with Gasteiger partial charge in [-0.1, -0.05) is 48.0 Å². The largest absolute Gasteiger partial charge is 0.481 e. The molecule has 0 radical (unpaired) electrons. The molecule has 54 heavy (non-hydrogen) atoms. The number of carboxylic acid groups (broad SMARTS) is 1. The van der Waals surface area contributed by atoms with Crippen LogP contribution >= 0.6 is 11.6 Å². The third-order valence-corrected chi connectivity index (χ3v) is 12.2. The molecule has 0 unspecified atom stereocenters. The maximum Gasteiger partial charge on any atom is 0.306 e. The third kappa shape index (κ3) is 7.47. The summed E-state index contributed by atoms with van der Waals surface area (Å²) < 4.78 is 1.91. The van der Waals surface area contributed by atoms with Gasteiger partial charge in [0.05, 0.1) is 22.3 Å². The normalized spacial score (nSPS) is 19.2. The van der Waals surface area contributed by atoms with Crippen molar-refractivity contribution >= 4 is 51.4 Å². The molecule has 1 saturated heterocycles. The Kier molecular flexibility index (Phi) is 10.4. The van der Waals surface area contributed by atoms with Crippen molar-refractivity contribution in [3.05, 3.63) is 100 Å². The van der Waals surface area contributed by atoms with Gasteiger partial charge in [-0.25, -0.2) is 9.97 Å². The second kappa shape index (κ2) is 15.5. The molecule has 2 aromatic heterocycles. The molecule has 11 heteroatoms. The highest BCUT2D eigenvalue weighted by molar-refractivity contribution is 6.36. The summed E-state index contributed by atoms with van der Waals surface area (Å²) in [5.74, 6) is 0.479. The number of aliphatic carboxylic acids is 1. The van der Waals surface area contributed by atoms with Crippen LogP contribution < -0.4 is 10.6 Å². The second-order valence-corrected chi connectivity index (χ2v) is 15.7. The summed E-state index contributed by atoms with van der Waals surface area (Å²) in [5.41, 5.74) is 7.57. The zero-order chi connectivity index (χ0) is 37.3. The molecule has 1 saturated carbocycles. The van der Waals surface area contributed by atoms with Crippen molar-refractivity contribution in [3.8, 4) is 11.1 Å². The Labute approximate surface area is 321 Å². The highest BCUT2D eigenvalue weighted by Crippen LogP contribution is 2.39. The van der Waals surface area contributed by atoms with E-state index in [0.717, 1.165) is 102 Å². The van der Waals surface area contributed by atoms with E-state index in [-0.39, 0.29) is 11.8 Å². The SMILES string of the molecule is Cc1c(Nc2nccc3cc(CN4CCCC4)ccc23)cccc1-c1cccc(NC(=O)c2nc3c(n2C)CCN(CC2CCC(C(=O)O)CC2)C3)c1Cl. The van der Waals surface area contributed by atoms with Crippen LogP contribution in [0.25, 0.3) is 21.9 Å². The first-order chi connectivity index (χ1) is 26.2. The number of hydrogen-bond acceptors (Lipinski definition) is 7. The number of likely N-dealkylation sites (tertiary alicyclic amines) is 1. The van der Waals surface area contributed by atoms with Crippen LogP contribution in [0.5, 0.6) is 0 Å². The van der Waals surface area contributed by atoms with Crippen LogP contribution in [0.4, 0.5) is 17.2 Å². The Morgan fingerprint density at radius 2 is 1.69 bits per heavy atom. The predicted molar refractivity (Wildman–Crippen MR) is 214 cm³/mol. The maximum atomic E-state index is 13.7. The first-order valence-corrected chi connectivity index (χ1v) is 19.7. The van der Waals surface area contributed by atoms with E-state index in [9.17, 15) is 14.7 Å². The highest BCUT2D eigenvalue weighted by Gasteiger charge is 2.30. The Morgan fingerprint density at radius 1 is 0.926 bits per heavy atom. The van der Waals surface area contributed by atoms with Gasteiger partial charge in [0.1, 0.15) is 5.82 Å². The minimum atomic E-state index is -0.670. The minimum absolute atomic E-state index is 0.205. The standard InChI is InChI=1S/C43H48ClN7O3/c1-27-32(7-5-9-35(27)46-40-33-16-13-29(23-31(33)17-19-45-40)25-50-20-3-4-21-50)34-8-6-10-36(39(34)44)48-42(52)41-47-37-26-51(22-18-38(37)49(41)2)24-28-11-14-30(15-12-28)43(53)54/h5-10,13,16-17,19,23,28,30H,3-4,11-12,14-15,18,20-22,24-26H2,1-2H3,(H,45,46)(H,48,52)(H,53,54). The average Bonchev–Trinajstić information content (AvgIpc) is 3.81. The molecule has 2 aliphatic heterocycles. The molecule has 3 aromatic carbocycles. The van der Waals surface area contributed by atoms with Crippen molar-refractivity contribution in [1.29, 1.82) is 0 Å². The lowest BCUT2D eigenvalue weighted by Crippen LogP contribution is -2.36. The smallest absolute Gasteiger partial charge is 0.306 e. The zero-order valence-electron chi connectivity index (χ0n) is 31.1. The van der Waals surface area contributed by atoms with E-state index < -0.39 is 5.97 Å². The van der Waals surface area contributed by atoms with Crippen molar-refractivity contribution in [3.63, 3.8) is 0 Å². The zero-order valence-corrected chi connectivity index (χ0v) is 31.8. The number of carboxylic acids is 1. The van der Waals surface area contributed by atoms with Crippen molar-refractivity contribution in [2.45, 2.75) is 65.0 Å². The van der Waals surface area contributed by atoms with Gasteiger partial charge in [0, 0.05) is 68.2 Å². The Balaban J connectivity index is 0.963. The van der Waals surface area contributed by atoms with Crippen LogP contribution in [0.2, 0.25) is 5.02 Å². The number of carbonyl (C=O) groups is 2. The Hall–Kier alpha value is -4.77. The molecule has 5 aromatic rings. The molecule has 2 fully saturated rings. The van der Waals surface area contributed by atoms with Crippen LogP contribution in [0.15, 0.2) is 66.9 Å². The second-order valence-electron chi connectivity index (χ2n) is 15.4. The van der Waals surface area contributed by atoms with Gasteiger partial charge >= 0.3 is 5.97 Å². The Morgan fingerprint density at radius 3 is 2.46 bits per heavy atom. The average molecular weight is 746 g/mol. The third-order valence-electron chi connectivity index (χ3n) is 11.8. The monoisotopic (exact) mass is 745 g/mol. The highest BCUT2D eigenvalue weighted by atomic mass is 35.5. The van der Waals surface area contributed by atoms with E-state index in [4.69, 9.17) is 21.6 Å². The summed E-state index contributed by atoms with van der Waals surface area (Å²) >= 11 is 7.07. The lowest BCUT2D eigenvalue weighted by Gasteiger charge is -2.33. The number of pyridine rings is 1. The number of halogens is 1. The van der Waals surface area contributed by atoms with Crippen LogP contribution in [-0.2, 0) is 31.4 Å². The van der Waals surface area contributed by atoms with E-state index in [1.807, 2.05) is 48.1 Å². The number of fused-ring (bicyclic) bond motifs is 2. The van der Waals surface area contributed by atoms with E-state index in [1.54, 1.807) is 0 Å². The van der Waals surface area contributed by atoms with E-state index in [2.05, 4.69) is 57.7 Å². The topological polar surface area (TPSA) is 116 Å². The van der Waals surface area contributed by atoms with Gasteiger partial charge in [-0.3, -0.25) is 19.4 Å².